The maximum atomic E-state index is 6.04. The van der Waals surface area contributed by atoms with E-state index in [1.165, 1.54) is 44.9 Å². The molecule has 0 fully saturated rings. The molecule has 0 aromatic carbocycles. The van der Waals surface area contributed by atoms with E-state index in [1.54, 1.807) is 0 Å². The van der Waals surface area contributed by atoms with Gasteiger partial charge in [0, 0.05) is 5.38 Å². The summed E-state index contributed by atoms with van der Waals surface area (Å²) < 4.78 is 0. The molecule has 0 bridgehead atoms. The first-order chi connectivity index (χ1) is 6.98. The lowest BCUT2D eigenvalue weighted by Crippen LogP contribution is -2.15. The van der Waals surface area contributed by atoms with Gasteiger partial charge in [0.15, 0.2) is 0 Å². The summed E-state index contributed by atoms with van der Waals surface area (Å²) in [5.74, 6) is 0. The lowest BCUT2D eigenvalue weighted by Gasteiger charge is -2.25. The van der Waals surface area contributed by atoms with Crippen LogP contribution in [0.2, 0.25) is 0 Å². The fraction of sp³-hybridized carbons (Fsp3) is 1.00. The van der Waals surface area contributed by atoms with Gasteiger partial charge in [-0.15, -0.1) is 11.6 Å². The van der Waals surface area contributed by atoms with Gasteiger partial charge >= 0.3 is 0 Å². The van der Waals surface area contributed by atoms with Gasteiger partial charge < -0.3 is 0 Å². The highest BCUT2D eigenvalue weighted by Crippen LogP contribution is 2.30. The molecular formula is C14H29Cl. The fourth-order valence-corrected chi connectivity index (χ4v) is 2.67. The Bertz CT molecular complexity index is 138. The summed E-state index contributed by atoms with van der Waals surface area (Å²) in [6, 6.07) is 0. The molecule has 0 N–H and O–H groups in total. The van der Waals surface area contributed by atoms with Crippen molar-refractivity contribution in [3.8, 4) is 0 Å². The molecule has 0 aromatic heterocycles. The molecule has 0 aromatic rings. The van der Waals surface area contributed by atoms with Crippen LogP contribution in [0.15, 0.2) is 0 Å². The van der Waals surface area contributed by atoms with Gasteiger partial charge in [0.1, 0.15) is 0 Å². The Morgan fingerprint density at radius 3 is 2.07 bits per heavy atom. The van der Waals surface area contributed by atoms with Crippen molar-refractivity contribution in [2.24, 2.45) is 5.41 Å². The number of alkyl halides is 1. The highest BCUT2D eigenvalue weighted by Gasteiger charge is 2.19. The number of hydrogen-bond donors (Lipinski definition) is 0. The van der Waals surface area contributed by atoms with Crippen LogP contribution in [0.4, 0.5) is 0 Å². The van der Waals surface area contributed by atoms with Crippen LogP contribution in [-0.4, -0.2) is 5.38 Å². The second-order valence-electron chi connectivity index (χ2n) is 5.67. The summed E-state index contributed by atoms with van der Waals surface area (Å²) in [7, 11) is 0. The van der Waals surface area contributed by atoms with E-state index in [2.05, 4.69) is 27.7 Å². The zero-order valence-electron chi connectivity index (χ0n) is 11.1. The quantitative estimate of drug-likeness (QED) is 0.349. The van der Waals surface area contributed by atoms with Crippen LogP contribution in [0.1, 0.15) is 79.1 Å². The Hall–Kier alpha value is 0.290. The topological polar surface area (TPSA) is 0 Å². The zero-order valence-corrected chi connectivity index (χ0v) is 11.9. The summed E-state index contributed by atoms with van der Waals surface area (Å²) >= 11 is 6.04. The molecule has 0 aliphatic carbocycles. The lowest BCUT2D eigenvalue weighted by molar-refractivity contribution is 0.293. The Morgan fingerprint density at radius 1 is 1.00 bits per heavy atom. The van der Waals surface area contributed by atoms with Gasteiger partial charge in [-0.25, -0.2) is 0 Å². The predicted molar refractivity (Wildman–Crippen MR) is 71.7 cm³/mol. The summed E-state index contributed by atoms with van der Waals surface area (Å²) in [4.78, 5) is 0. The van der Waals surface area contributed by atoms with Gasteiger partial charge in [-0.1, -0.05) is 59.3 Å². The molecule has 0 heterocycles. The smallest absolute Gasteiger partial charge is 0.0312 e. The van der Waals surface area contributed by atoms with Gasteiger partial charge in [0.25, 0.3) is 0 Å². The minimum atomic E-state index is 0.320. The van der Waals surface area contributed by atoms with E-state index in [9.17, 15) is 0 Å². The highest BCUT2D eigenvalue weighted by atomic mass is 35.5. The SMILES string of the molecule is CCCCCCCCC(C)(C)CC(C)Cl. The van der Waals surface area contributed by atoms with Crippen molar-refractivity contribution in [1.82, 2.24) is 0 Å². The monoisotopic (exact) mass is 232 g/mol. The van der Waals surface area contributed by atoms with Crippen LogP contribution in [0.25, 0.3) is 0 Å². The van der Waals surface area contributed by atoms with Gasteiger partial charge in [-0.05, 0) is 25.2 Å². The average molecular weight is 233 g/mol. The van der Waals surface area contributed by atoms with Gasteiger partial charge in [-0.3, -0.25) is 0 Å². The van der Waals surface area contributed by atoms with E-state index < -0.39 is 0 Å². The van der Waals surface area contributed by atoms with Crippen LogP contribution >= 0.6 is 11.6 Å². The van der Waals surface area contributed by atoms with Crippen molar-refractivity contribution in [2.75, 3.05) is 0 Å². The summed E-state index contributed by atoms with van der Waals surface area (Å²) in [5.41, 5.74) is 0.436. The molecule has 0 spiro atoms. The zero-order chi connectivity index (χ0) is 11.7. The van der Waals surface area contributed by atoms with Crippen LogP contribution < -0.4 is 0 Å². The maximum absolute atomic E-state index is 6.04. The first-order valence-corrected chi connectivity index (χ1v) is 7.05. The van der Waals surface area contributed by atoms with Crippen molar-refractivity contribution in [3.05, 3.63) is 0 Å². The largest absolute Gasteiger partial charge is 0.123 e. The van der Waals surface area contributed by atoms with Crippen LogP contribution in [0.5, 0.6) is 0 Å². The van der Waals surface area contributed by atoms with E-state index in [1.807, 2.05) is 0 Å². The molecule has 92 valence electrons. The Balaban J connectivity index is 3.40. The van der Waals surface area contributed by atoms with E-state index in [4.69, 9.17) is 11.6 Å². The minimum absolute atomic E-state index is 0.320. The first kappa shape index (κ1) is 15.3. The summed E-state index contributed by atoms with van der Waals surface area (Å²) in [6.45, 7) is 9.06. The van der Waals surface area contributed by atoms with E-state index in [-0.39, 0.29) is 0 Å². The molecule has 15 heavy (non-hydrogen) atoms. The molecule has 1 heteroatoms. The molecule has 0 rings (SSSR count). The summed E-state index contributed by atoms with van der Waals surface area (Å²) in [6.07, 6.45) is 10.8. The Labute approximate surface area is 102 Å². The van der Waals surface area contributed by atoms with Gasteiger partial charge in [0.2, 0.25) is 0 Å². The number of halogens is 1. The molecule has 1 unspecified atom stereocenters. The van der Waals surface area contributed by atoms with Crippen molar-refractivity contribution in [3.63, 3.8) is 0 Å². The van der Waals surface area contributed by atoms with Crippen molar-refractivity contribution >= 4 is 11.6 Å². The third-order valence-corrected chi connectivity index (χ3v) is 3.20. The van der Waals surface area contributed by atoms with Gasteiger partial charge in [0.05, 0.1) is 0 Å². The van der Waals surface area contributed by atoms with E-state index in [0.29, 0.717) is 10.8 Å². The first-order valence-electron chi connectivity index (χ1n) is 6.62. The maximum Gasteiger partial charge on any atom is 0.0312 e. The normalized spacial score (nSPS) is 14.2. The molecule has 0 aliphatic heterocycles. The molecule has 0 amide bonds. The molecule has 0 saturated heterocycles. The molecule has 1 atom stereocenters. The standard InChI is InChI=1S/C14H29Cl/c1-5-6-7-8-9-10-11-14(3,4)12-13(2)15/h13H,5-12H2,1-4H3. The third-order valence-electron chi connectivity index (χ3n) is 3.04. The molecule has 0 saturated carbocycles. The van der Waals surface area contributed by atoms with Crippen molar-refractivity contribution in [1.29, 1.82) is 0 Å². The average Bonchev–Trinajstić information content (AvgIpc) is 2.08. The number of hydrogen-bond acceptors (Lipinski definition) is 0. The number of rotatable bonds is 9. The Kier molecular flexibility index (Phi) is 8.61. The van der Waals surface area contributed by atoms with Crippen molar-refractivity contribution in [2.45, 2.75) is 84.4 Å². The Morgan fingerprint density at radius 2 is 1.53 bits per heavy atom. The molecular weight excluding hydrogens is 204 g/mol. The van der Waals surface area contributed by atoms with Crippen LogP contribution in [0.3, 0.4) is 0 Å². The summed E-state index contributed by atoms with van der Waals surface area (Å²) in [5, 5.41) is 0.320. The van der Waals surface area contributed by atoms with Gasteiger partial charge in [-0.2, -0.15) is 0 Å². The second kappa shape index (κ2) is 8.44. The third kappa shape index (κ3) is 10.6. The molecule has 0 aliphatic rings. The second-order valence-corrected chi connectivity index (χ2v) is 6.41. The fourth-order valence-electron chi connectivity index (χ4n) is 2.25. The molecule has 0 radical (unpaired) electrons. The predicted octanol–water partition coefficient (Wildman–Crippen LogP) is 5.78. The number of unbranched alkanes of at least 4 members (excludes halogenated alkanes) is 5. The lowest BCUT2D eigenvalue weighted by atomic mass is 9.82. The molecule has 0 nitrogen and oxygen atoms in total. The van der Waals surface area contributed by atoms with E-state index >= 15 is 0 Å². The van der Waals surface area contributed by atoms with Crippen LogP contribution in [0, 0.1) is 5.41 Å². The van der Waals surface area contributed by atoms with Crippen molar-refractivity contribution < 1.29 is 0 Å². The minimum Gasteiger partial charge on any atom is -0.123 e. The highest BCUT2D eigenvalue weighted by molar-refractivity contribution is 6.20. The van der Waals surface area contributed by atoms with Crippen LogP contribution in [-0.2, 0) is 0 Å². The van der Waals surface area contributed by atoms with E-state index in [0.717, 1.165) is 6.42 Å².